The minimum Gasteiger partial charge on any atom is -0.497 e. The number of carbonyl (C=O) groups excluding carboxylic acids is 1. The number of fused-ring (bicyclic) bond motifs is 1. The second-order valence-corrected chi connectivity index (χ2v) is 7.30. The molecule has 2 aliphatic heterocycles. The molecule has 1 amide bonds. The monoisotopic (exact) mass is 386 g/mol. The normalized spacial score (nSPS) is 24.1. The lowest BCUT2D eigenvalue weighted by molar-refractivity contribution is -0.157. The number of benzene rings is 1. The van der Waals surface area contributed by atoms with Crippen LogP contribution in [0.4, 0.5) is 0 Å². The highest BCUT2D eigenvalue weighted by Gasteiger charge is 2.55. The third-order valence-corrected chi connectivity index (χ3v) is 5.83. The van der Waals surface area contributed by atoms with E-state index in [-0.39, 0.29) is 24.1 Å². The summed E-state index contributed by atoms with van der Waals surface area (Å²) in [7, 11) is 1.59. The molecule has 0 spiro atoms. The Morgan fingerprint density at radius 3 is 2.71 bits per heavy atom. The van der Waals surface area contributed by atoms with Gasteiger partial charge < -0.3 is 19.5 Å². The predicted octanol–water partition coefficient (Wildman–Crippen LogP) is 1.15. The second kappa shape index (κ2) is 6.90. The highest BCUT2D eigenvalue weighted by molar-refractivity contribution is 5.94. The highest BCUT2D eigenvalue weighted by atomic mass is 16.5. The van der Waals surface area contributed by atoms with Gasteiger partial charge in [0.05, 0.1) is 30.5 Å². The predicted molar refractivity (Wildman–Crippen MR) is 97.5 cm³/mol. The van der Waals surface area contributed by atoms with Gasteiger partial charge in [0, 0.05) is 25.6 Å². The summed E-state index contributed by atoms with van der Waals surface area (Å²) >= 11 is 0. The van der Waals surface area contributed by atoms with Crippen LogP contribution in [0, 0.1) is 18.3 Å². The van der Waals surface area contributed by atoms with Gasteiger partial charge in [0.25, 0.3) is 5.91 Å². The SMILES string of the molecule is COc1ccc(-n2nnc(C(=O)N3C[C@H]4COCC[C@@]4(C(=O)O)C3)c2C)cc1. The van der Waals surface area contributed by atoms with Crippen molar-refractivity contribution in [3.05, 3.63) is 35.7 Å². The van der Waals surface area contributed by atoms with Gasteiger partial charge in [0.2, 0.25) is 0 Å². The van der Waals surface area contributed by atoms with Crippen molar-refractivity contribution < 1.29 is 24.2 Å². The zero-order valence-corrected chi connectivity index (χ0v) is 15.8. The molecule has 2 saturated heterocycles. The zero-order valence-electron chi connectivity index (χ0n) is 15.8. The fourth-order valence-electron chi connectivity index (χ4n) is 4.10. The fraction of sp³-hybridized carbons (Fsp3) is 0.474. The molecule has 1 aromatic heterocycles. The molecule has 4 rings (SSSR count). The lowest BCUT2D eigenvalue weighted by atomic mass is 9.74. The minimum absolute atomic E-state index is 0.171. The molecule has 148 valence electrons. The number of carboxylic acid groups (broad SMARTS) is 1. The number of aliphatic carboxylic acids is 1. The standard InChI is InChI=1S/C19H22N4O5/c1-12-16(20-21-23(12)14-3-5-15(27-2)6-4-14)17(24)22-9-13-10-28-8-7-19(13,11-22)18(25)26/h3-6,13H,7-11H2,1-2H3,(H,25,26)/t13-,19+/m0/s1. The van der Waals surface area contributed by atoms with Gasteiger partial charge in [-0.05, 0) is 37.6 Å². The van der Waals surface area contributed by atoms with Crippen LogP contribution in [0.2, 0.25) is 0 Å². The quantitative estimate of drug-likeness (QED) is 0.840. The first-order chi connectivity index (χ1) is 13.5. The summed E-state index contributed by atoms with van der Waals surface area (Å²) in [4.78, 5) is 26.6. The average Bonchev–Trinajstić information content (AvgIpc) is 3.29. The van der Waals surface area contributed by atoms with Crippen molar-refractivity contribution in [2.24, 2.45) is 11.3 Å². The summed E-state index contributed by atoms with van der Waals surface area (Å²) in [5.74, 6) is -0.652. The van der Waals surface area contributed by atoms with Gasteiger partial charge >= 0.3 is 5.97 Å². The van der Waals surface area contributed by atoms with Gasteiger partial charge in [-0.2, -0.15) is 0 Å². The average molecular weight is 386 g/mol. The second-order valence-electron chi connectivity index (χ2n) is 7.30. The van der Waals surface area contributed by atoms with Gasteiger partial charge in [0.1, 0.15) is 5.75 Å². The van der Waals surface area contributed by atoms with E-state index in [1.165, 1.54) is 0 Å². The van der Waals surface area contributed by atoms with Crippen LogP contribution in [0.15, 0.2) is 24.3 Å². The third kappa shape index (κ3) is 2.82. The zero-order chi connectivity index (χ0) is 19.9. The number of rotatable bonds is 4. The van der Waals surface area contributed by atoms with Gasteiger partial charge in [-0.25, -0.2) is 4.68 Å². The van der Waals surface area contributed by atoms with E-state index in [1.807, 2.05) is 12.1 Å². The molecule has 9 heteroatoms. The van der Waals surface area contributed by atoms with Crippen LogP contribution in [0.5, 0.6) is 5.75 Å². The minimum atomic E-state index is -0.937. The Morgan fingerprint density at radius 2 is 2.07 bits per heavy atom. The molecule has 0 aliphatic carbocycles. The number of amides is 1. The summed E-state index contributed by atoms with van der Waals surface area (Å²) in [6.07, 6.45) is 0.411. The number of methoxy groups -OCH3 is 1. The van der Waals surface area contributed by atoms with Gasteiger partial charge in [-0.3, -0.25) is 9.59 Å². The van der Waals surface area contributed by atoms with Crippen molar-refractivity contribution in [2.45, 2.75) is 13.3 Å². The lowest BCUT2D eigenvalue weighted by Gasteiger charge is -2.33. The Hall–Kier alpha value is -2.94. The van der Waals surface area contributed by atoms with E-state index < -0.39 is 11.4 Å². The van der Waals surface area contributed by atoms with Crippen LogP contribution in [-0.4, -0.2) is 70.3 Å². The number of hydrogen-bond donors (Lipinski definition) is 1. The van der Waals surface area contributed by atoms with E-state index in [9.17, 15) is 14.7 Å². The molecule has 28 heavy (non-hydrogen) atoms. The van der Waals surface area contributed by atoms with Crippen LogP contribution in [0.3, 0.4) is 0 Å². The first-order valence-electron chi connectivity index (χ1n) is 9.13. The molecular weight excluding hydrogens is 364 g/mol. The molecule has 2 fully saturated rings. The molecule has 9 nitrogen and oxygen atoms in total. The van der Waals surface area contributed by atoms with Crippen molar-refractivity contribution >= 4 is 11.9 Å². The van der Waals surface area contributed by atoms with Gasteiger partial charge in [0.15, 0.2) is 5.69 Å². The maximum atomic E-state index is 13.1. The molecule has 2 aromatic rings. The van der Waals surface area contributed by atoms with Crippen LogP contribution >= 0.6 is 0 Å². The number of ether oxygens (including phenoxy) is 2. The number of carbonyl (C=O) groups is 2. The van der Waals surface area contributed by atoms with E-state index in [0.717, 1.165) is 11.4 Å². The summed E-state index contributed by atoms with van der Waals surface area (Å²) in [5, 5.41) is 18.0. The summed E-state index contributed by atoms with van der Waals surface area (Å²) < 4.78 is 12.2. The highest BCUT2D eigenvalue weighted by Crippen LogP contribution is 2.42. The first-order valence-corrected chi connectivity index (χ1v) is 9.13. The molecule has 0 saturated carbocycles. The molecule has 0 unspecified atom stereocenters. The van der Waals surface area contributed by atoms with E-state index in [0.29, 0.717) is 31.9 Å². The van der Waals surface area contributed by atoms with Crippen molar-refractivity contribution in [3.63, 3.8) is 0 Å². The van der Waals surface area contributed by atoms with Crippen LogP contribution in [0.1, 0.15) is 22.6 Å². The van der Waals surface area contributed by atoms with Crippen molar-refractivity contribution in [3.8, 4) is 11.4 Å². The molecule has 2 atom stereocenters. The van der Waals surface area contributed by atoms with Crippen molar-refractivity contribution in [1.29, 1.82) is 0 Å². The number of likely N-dealkylation sites (tertiary alicyclic amines) is 1. The van der Waals surface area contributed by atoms with Gasteiger partial charge in [-0.1, -0.05) is 5.21 Å². The van der Waals surface area contributed by atoms with Crippen molar-refractivity contribution in [2.75, 3.05) is 33.4 Å². The van der Waals surface area contributed by atoms with E-state index >= 15 is 0 Å². The number of carboxylic acids is 1. The number of hydrogen-bond acceptors (Lipinski definition) is 6. The molecule has 1 aromatic carbocycles. The van der Waals surface area contributed by atoms with Crippen molar-refractivity contribution in [1.82, 2.24) is 19.9 Å². The van der Waals surface area contributed by atoms with E-state index in [4.69, 9.17) is 9.47 Å². The third-order valence-electron chi connectivity index (χ3n) is 5.83. The Balaban J connectivity index is 1.59. The largest absolute Gasteiger partial charge is 0.497 e. The van der Waals surface area contributed by atoms with Crippen LogP contribution < -0.4 is 4.74 Å². The Bertz CT molecular complexity index is 910. The Morgan fingerprint density at radius 1 is 1.32 bits per heavy atom. The molecular formula is C19H22N4O5. The molecule has 1 N–H and O–H groups in total. The number of nitrogens with zero attached hydrogens (tertiary/aromatic N) is 4. The van der Waals surface area contributed by atoms with Crippen LogP contribution in [-0.2, 0) is 9.53 Å². The molecule has 0 bridgehead atoms. The van der Waals surface area contributed by atoms with Crippen LogP contribution in [0.25, 0.3) is 5.69 Å². The smallest absolute Gasteiger partial charge is 0.311 e. The van der Waals surface area contributed by atoms with E-state index in [1.54, 1.807) is 35.7 Å². The van der Waals surface area contributed by atoms with Gasteiger partial charge in [-0.15, -0.1) is 5.10 Å². The topological polar surface area (TPSA) is 107 Å². The first kappa shape index (κ1) is 18.4. The Labute approximate surface area is 161 Å². The molecule has 0 radical (unpaired) electrons. The molecule has 2 aliphatic rings. The maximum Gasteiger partial charge on any atom is 0.311 e. The van der Waals surface area contributed by atoms with E-state index in [2.05, 4.69) is 10.3 Å². The Kier molecular flexibility index (Phi) is 4.54. The maximum absolute atomic E-state index is 13.1. The summed E-state index contributed by atoms with van der Waals surface area (Å²) in [6, 6.07) is 7.27. The number of aromatic nitrogens is 3. The summed E-state index contributed by atoms with van der Waals surface area (Å²) in [5.41, 5.74) is 0.658. The lowest BCUT2D eigenvalue weighted by Crippen LogP contribution is -2.45. The summed E-state index contributed by atoms with van der Waals surface area (Å²) in [6.45, 7) is 3.05. The fourth-order valence-corrected chi connectivity index (χ4v) is 4.10. The molecule has 3 heterocycles.